The summed E-state index contributed by atoms with van der Waals surface area (Å²) in [5.74, 6) is -4.12. The normalized spacial score (nSPS) is 25.7. The molecule has 0 saturated heterocycles. The number of aryl methyl sites for hydroxylation is 1. The van der Waals surface area contributed by atoms with Crippen molar-refractivity contribution in [1.82, 2.24) is 9.55 Å². The molecule has 1 N–H and O–H groups in total. The van der Waals surface area contributed by atoms with Gasteiger partial charge in [0, 0.05) is 23.5 Å². The van der Waals surface area contributed by atoms with Crippen LogP contribution in [0.3, 0.4) is 0 Å². The van der Waals surface area contributed by atoms with Crippen molar-refractivity contribution in [2.24, 2.45) is 5.92 Å². The minimum Gasteiger partial charge on any atom is -0.393 e. The molecule has 2 heterocycles. The maximum atomic E-state index is 15.0. The summed E-state index contributed by atoms with van der Waals surface area (Å²) >= 11 is 0. The molecule has 2 aromatic rings. The summed E-state index contributed by atoms with van der Waals surface area (Å²) in [6.07, 6.45) is 3.64. The molecule has 0 spiro atoms. The minimum atomic E-state index is -2.91. The van der Waals surface area contributed by atoms with Gasteiger partial charge < -0.3 is 9.67 Å². The molecule has 4 rings (SSSR count). The molecular weight excluding hydrogens is 329 g/mol. The molecular formula is C19H21F3N2O. The number of hydrogen-bond acceptors (Lipinski definition) is 2. The van der Waals surface area contributed by atoms with Crippen molar-refractivity contribution >= 4 is 0 Å². The third-order valence-electron chi connectivity index (χ3n) is 5.75. The molecule has 0 radical (unpaired) electrons. The van der Waals surface area contributed by atoms with Crippen LogP contribution in [-0.4, -0.2) is 26.7 Å². The lowest BCUT2D eigenvalue weighted by Gasteiger charge is -2.33. The standard InChI is InChI=1S/C19H21F3N2O/c1-11-2-7-14(20)18-15(24-10-23-9-16(24)17(11)18)8-19(21,22)12-3-5-13(25)6-4-12/h2,7,9-10,12-13,15,25H,3-6,8H2,1H3. The molecule has 3 nitrogen and oxygen atoms in total. The Hall–Kier alpha value is -1.82. The highest BCUT2D eigenvalue weighted by molar-refractivity contribution is 5.72. The van der Waals surface area contributed by atoms with Gasteiger partial charge in [-0.1, -0.05) is 6.07 Å². The summed E-state index contributed by atoms with van der Waals surface area (Å²) in [5, 5.41) is 9.57. The molecule has 1 aromatic heterocycles. The maximum absolute atomic E-state index is 15.0. The quantitative estimate of drug-likeness (QED) is 0.886. The number of fused-ring (bicyclic) bond motifs is 3. The van der Waals surface area contributed by atoms with Gasteiger partial charge in [-0.25, -0.2) is 18.2 Å². The molecule has 6 heteroatoms. The van der Waals surface area contributed by atoms with E-state index in [9.17, 15) is 18.3 Å². The summed E-state index contributed by atoms with van der Waals surface area (Å²) < 4.78 is 46.1. The average Bonchev–Trinajstić information content (AvgIpc) is 3.14. The van der Waals surface area contributed by atoms with Crippen LogP contribution in [0.5, 0.6) is 0 Å². The minimum absolute atomic E-state index is 0.306. The molecule has 1 unspecified atom stereocenters. The Morgan fingerprint density at radius 2 is 1.96 bits per heavy atom. The van der Waals surface area contributed by atoms with Crippen molar-refractivity contribution in [1.29, 1.82) is 0 Å². The predicted molar refractivity (Wildman–Crippen MR) is 88.0 cm³/mol. The fourth-order valence-electron chi connectivity index (χ4n) is 4.38. The van der Waals surface area contributed by atoms with Crippen LogP contribution in [0.25, 0.3) is 11.3 Å². The van der Waals surface area contributed by atoms with Gasteiger partial charge in [-0.2, -0.15) is 0 Å². The zero-order chi connectivity index (χ0) is 17.8. The first kappa shape index (κ1) is 16.6. The van der Waals surface area contributed by atoms with Gasteiger partial charge in [-0.15, -0.1) is 0 Å². The molecule has 134 valence electrons. The summed E-state index contributed by atoms with van der Waals surface area (Å²) in [4.78, 5) is 4.08. The van der Waals surface area contributed by atoms with E-state index in [-0.39, 0.29) is 0 Å². The van der Waals surface area contributed by atoms with Gasteiger partial charge in [0.2, 0.25) is 0 Å². The Morgan fingerprint density at radius 1 is 1.24 bits per heavy atom. The van der Waals surface area contributed by atoms with E-state index in [1.807, 2.05) is 6.92 Å². The zero-order valence-corrected chi connectivity index (χ0v) is 14.1. The smallest absolute Gasteiger partial charge is 0.253 e. The summed E-state index contributed by atoms with van der Waals surface area (Å²) in [6.45, 7) is 1.86. The molecule has 1 aliphatic carbocycles. The second kappa shape index (κ2) is 5.87. The lowest BCUT2D eigenvalue weighted by molar-refractivity contribution is -0.0929. The van der Waals surface area contributed by atoms with E-state index in [0.717, 1.165) is 5.56 Å². The van der Waals surface area contributed by atoms with E-state index in [1.165, 1.54) is 12.4 Å². The molecule has 2 aliphatic rings. The van der Waals surface area contributed by atoms with Crippen molar-refractivity contribution in [2.75, 3.05) is 0 Å². The van der Waals surface area contributed by atoms with Crippen LogP contribution in [-0.2, 0) is 0 Å². The predicted octanol–water partition coefficient (Wildman–Crippen LogP) is 4.48. The molecule has 0 amide bonds. The number of hydrogen-bond donors (Lipinski definition) is 1. The second-order valence-corrected chi connectivity index (χ2v) is 7.33. The van der Waals surface area contributed by atoms with E-state index in [2.05, 4.69) is 4.98 Å². The largest absolute Gasteiger partial charge is 0.393 e. The van der Waals surface area contributed by atoms with Crippen molar-refractivity contribution in [3.05, 3.63) is 41.6 Å². The fraction of sp³-hybridized carbons (Fsp3) is 0.526. The summed E-state index contributed by atoms with van der Waals surface area (Å²) in [7, 11) is 0. The van der Waals surface area contributed by atoms with E-state index in [4.69, 9.17) is 0 Å². The lowest BCUT2D eigenvalue weighted by Crippen LogP contribution is -2.35. The summed E-state index contributed by atoms with van der Waals surface area (Å²) in [5.41, 5.74) is 2.61. The average molecular weight is 350 g/mol. The lowest BCUT2D eigenvalue weighted by atomic mass is 9.80. The highest BCUT2D eigenvalue weighted by atomic mass is 19.3. The third-order valence-corrected chi connectivity index (χ3v) is 5.75. The molecule has 25 heavy (non-hydrogen) atoms. The van der Waals surface area contributed by atoms with Crippen LogP contribution in [0.2, 0.25) is 0 Å². The van der Waals surface area contributed by atoms with Gasteiger partial charge in [0.25, 0.3) is 5.92 Å². The topological polar surface area (TPSA) is 38.0 Å². The van der Waals surface area contributed by atoms with Crippen LogP contribution >= 0.6 is 0 Å². The van der Waals surface area contributed by atoms with Crippen LogP contribution in [0.4, 0.5) is 13.2 Å². The number of aliphatic hydroxyl groups excluding tert-OH is 1. The number of benzene rings is 1. The Balaban J connectivity index is 1.69. The number of nitrogens with zero attached hydrogens (tertiary/aromatic N) is 2. The van der Waals surface area contributed by atoms with Crippen molar-refractivity contribution in [2.45, 2.75) is 57.1 Å². The highest BCUT2D eigenvalue weighted by Crippen LogP contribution is 2.49. The Bertz CT molecular complexity index is 794. The zero-order valence-electron chi connectivity index (χ0n) is 14.1. The Morgan fingerprint density at radius 3 is 2.68 bits per heavy atom. The van der Waals surface area contributed by atoms with Crippen molar-refractivity contribution < 1.29 is 18.3 Å². The Labute approximate surface area is 144 Å². The molecule has 1 aromatic carbocycles. The van der Waals surface area contributed by atoms with E-state index < -0.39 is 36.2 Å². The van der Waals surface area contributed by atoms with Crippen LogP contribution in [0, 0.1) is 18.7 Å². The molecule has 1 atom stereocenters. The first-order chi connectivity index (χ1) is 11.9. The van der Waals surface area contributed by atoms with Crippen molar-refractivity contribution in [3.63, 3.8) is 0 Å². The monoisotopic (exact) mass is 350 g/mol. The van der Waals surface area contributed by atoms with Gasteiger partial charge >= 0.3 is 0 Å². The van der Waals surface area contributed by atoms with E-state index in [0.29, 0.717) is 42.5 Å². The molecule has 1 fully saturated rings. The third kappa shape index (κ3) is 2.67. The van der Waals surface area contributed by atoms with Gasteiger partial charge in [-0.3, -0.25) is 0 Å². The number of halogens is 3. The number of rotatable bonds is 3. The first-order valence-electron chi connectivity index (χ1n) is 8.75. The number of aliphatic hydroxyl groups is 1. The Kier molecular flexibility index (Phi) is 3.90. The highest BCUT2D eigenvalue weighted by Gasteiger charge is 2.46. The van der Waals surface area contributed by atoms with Crippen LogP contribution < -0.4 is 0 Å². The maximum Gasteiger partial charge on any atom is 0.253 e. The fourth-order valence-corrected chi connectivity index (χ4v) is 4.38. The van der Waals surface area contributed by atoms with E-state index >= 15 is 0 Å². The van der Waals surface area contributed by atoms with Gasteiger partial charge in [-0.05, 0) is 44.2 Å². The van der Waals surface area contributed by atoms with Gasteiger partial charge in [0.1, 0.15) is 5.82 Å². The van der Waals surface area contributed by atoms with Crippen molar-refractivity contribution in [3.8, 4) is 11.3 Å². The molecule has 1 aliphatic heterocycles. The van der Waals surface area contributed by atoms with Gasteiger partial charge in [0.05, 0.1) is 30.4 Å². The van der Waals surface area contributed by atoms with Crippen LogP contribution in [0.15, 0.2) is 24.7 Å². The number of aromatic nitrogens is 2. The SMILES string of the molecule is Cc1ccc(F)c2c1-c1cncn1C2CC(F)(F)C1CCC(O)CC1. The molecule has 0 bridgehead atoms. The molecule has 1 saturated carbocycles. The van der Waals surface area contributed by atoms with Crippen LogP contribution in [0.1, 0.15) is 49.3 Å². The second-order valence-electron chi connectivity index (χ2n) is 7.33. The number of alkyl halides is 2. The van der Waals surface area contributed by atoms with E-state index in [1.54, 1.807) is 16.8 Å². The summed E-state index contributed by atoms with van der Waals surface area (Å²) in [6, 6.07) is 2.29. The van der Waals surface area contributed by atoms with Gasteiger partial charge in [0.15, 0.2) is 0 Å². The first-order valence-corrected chi connectivity index (χ1v) is 8.75. The number of imidazole rings is 1.